The number of nitrogens with one attached hydrogen (secondary N) is 1. The summed E-state index contributed by atoms with van der Waals surface area (Å²) in [5.41, 5.74) is 4.95. The molecule has 1 atom stereocenters. The van der Waals surface area contributed by atoms with Crippen molar-refractivity contribution in [3.63, 3.8) is 0 Å². The van der Waals surface area contributed by atoms with Crippen LogP contribution < -0.4 is 11.1 Å². The van der Waals surface area contributed by atoms with Crippen molar-refractivity contribution >= 4 is 17.8 Å². The van der Waals surface area contributed by atoms with E-state index in [1.807, 2.05) is 0 Å². The summed E-state index contributed by atoms with van der Waals surface area (Å²) < 4.78 is 0. The summed E-state index contributed by atoms with van der Waals surface area (Å²) in [4.78, 5) is 33.2. The second kappa shape index (κ2) is 13.1. The Morgan fingerprint density at radius 2 is 1.45 bits per heavy atom. The van der Waals surface area contributed by atoms with E-state index < -0.39 is 17.9 Å². The first-order chi connectivity index (χ1) is 10.5. The summed E-state index contributed by atoms with van der Waals surface area (Å²) in [6, 6.07) is -1.22. The Hall–Kier alpha value is -1.59. The van der Waals surface area contributed by atoms with Crippen LogP contribution in [0.2, 0.25) is 0 Å². The number of carboxylic acids is 1. The lowest BCUT2D eigenvalue weighted by Gasteiger charge is -2.12. The Morgan fingerprint density at radius 1 is 0.955 bits per heavy atom. The Bertz CT molecular complexity index is 345. The maximum absolute atomic E-state index is 11.6. The van der Waals surface area contributed by atoms with Crippen LogP contribution in [-0.2, 0) is 14.4 Å². The lowest BCUT2D eigenvalue weighted by molar-refractivity contribution is -0.143. The van der Waals surface area contributed by atoms with Gasteiger partial charge >= 0.3 is 5.97 Å². The van der Waals surface area contributed by atoms with Crippen molar-refractivity contribution in [1.82, 2.24) is 5.32 Å². The van der Waals surface area contributed by atoms with Gasteiger partial charge in [0, 0.05) is 6.42 Å². The molecule has 6 nitrogen and oxygen atoms in total. The van der Waals surface area contributed by atoms with Gasteiger partial charge in [-0.3, -0.25) is 9.59 Å². The molecule has 0 aliphatic carbocycles. The molecule has 0 heterocycles. The van der Waals surface area contributed by atoms with E-state index in [1.54, 1.807) is 0 Å². The highest BCUT2D eigenvalue weighted by Crippen LogP contribution is 2.10. The summed E-state index contributed by atoms with van der Waals surface area (Å²) in [6.07, 6.45) is 10.3. The van der Waals surface area contributed by atoms with Crippen LogP contribution >= 0.6 is 0 Å². The summed E-state index contributed by atoms with van der Waals surface area (Å²) in [5.74, 6) is -2.31. The maximum Gasteiger partial charge on any atom is 0.326 e. The van der Waals surface area contributed by atoms with Gasteiger partial charge in [-0.05, 0) is 6.42 Å². The maximum atomic E-state index is 11.6. The number of hydrogen-bond donors (Lipinski definition) is 3. The fraction of sp³-hybridized carbons (Fsp3) is 0.812. The van der Waals surface area contributed by atoms with Gasteiger partial charge in [-0.1, -0.05) is 58.3 Å². The van der Waals surface area contributed by atoms with Gasteiger partial charge in [0.2, 0.25) is 11.8 Å². The third-order valence-electron chi connectivity index (χ3n) is 3.55. The number of amides is 2. The Labute approximate surface area is 132 Å². The normalized spacial score (nSPS) is 11.9. The molecule has 6 heteroatoms. The highest BCUT2D eigenvalue weighted by molar-refractivity contribution is 5.88. The molecule has 0 unspecified atom stereocenters. The largest absolute Gasteiger partial charge is 0.480 e. The van der Waals surface area contributed by atoms with E-state index in [-0.39, 0.29) is 12.3 Å². The third kappa shape index (κ3) is 12.2. The molecule has 0 aliphatic rings. The quantitative estimate of drug-likeness (QED) is 0.427. The van der Waals surface area contributed by atoms with Crippen LogP contribution in [0.1, 0.15) is 77.6 Å². The summed E-state index contributed by atoms with van der Waals surface area (Å²) >= 11 is 0. The fourth-order valence-corrected chi connectivity index (χ4v) is 2.26. The monoisotopic (exact) mass is 314 g/mol. The molecule has 0 saturated heterocycles. The molecule has 128 valence electrons. The molecule has 0 rings (SSSR count). The molecule has 4 N–H and O–H groups in total. The van der Waals surface area contributed by atoms with Crippen LogP contribution in [0.5, 0.6) is 0 Å². The van der Waals surface area contributed by atoms with E-state index in [0.717, 1.165) is 19.3 Å². The Balaban J connectivity index is 3.63. The molecule has 0 aromatic carbocycles. The summed E-state index contributed by atoms with van der Waals surface area (Å²) in [5, 5.41) is 11.2. The number of carbonyl (C=O) groups excluding carboxylic acids is 2. The van der Waals surface area contributed by atoms with Gasteiger partial charge in [0.15, 0.2) is 0 Å². The van der Waals surface area contributed by atoms with Crippen LogP contribution in [0.15, 0.2) is 0 Å². The van der Waals surface area contributed by atoms with Crippen molar-refractivity contribution in [2.45, 2.75) is 83.6 Å². The minimum Gasteiger partial charge on any atom is -0.480 e. The molecule has 2 amide bonds. The molecule has 0 aromatic heterocycles. The molecule has 0 aromatic rings. The zero-order valence-electron chi connectivity index (χ0n) is 13.6. The van der Waals surface area contributed by atoms with E-state index in [4.69, 9.17) is 10.8 Å². The van der Waals surface area contributed by atoms with Gasteiger partial charge in [-0.15, -0.1) is 0 Å². The highest BCUT2D eigenvalue weighted by Gasteiger charge is 2.21. The van der Waals surface area contributed by atoms with Gasteiger partial charge in [0.1, 0.15) is 6.04 Å². The smallest absolute Gasteiger partial charge is 0.326 e. The SMILES string of the molecule is CCCCCCCCCCCC(=O)N[C@@H](CC(N)=O)C(=O)O. The first kappa shape index (κ1) is 20.4. The van der Waals surface area contributed by atoms with Gasteiger partial charge in [-0.2, -0.15) is 0 Å². The second-order valence-corrected chi connectivity index (χ2v) is 5.71. The van der Waals surface area contributed by atoms with E-state index in [9.17, 15) is 14.4 Å². The van der Waals surface area contributed by atoms with Crippen molar-refractivity contribution in [3.8, 4) is 0 Å². The zero-order valence-corrected chi connectivity index (χ0v) is 13.6. The van der Waals surface area contributed by atoms with Crippen LogP contribution in [0, 0.1) is 0 Å². The minimum absolute atomic E-state index is 0.290. The number of nitrogens with two attached hydrogens (primary N) is 1. The molecular formula is C16H30N2O4. The molecule has 0 radical (unpaired) electrons. The number of aliphatic carboxylic acids is 1. The summed E-state index contributed by atoms with van der Waals surface area (Å²) in [6.45, 7) is 2.20. The number of primary amides is 1. The number of unbranched alkanes of at least 4 members (excludes halogenated alkanes) is 8. The van der Waals surface area contributed by atoms with Crippen LogP contribution in [0.3, 0.4) is 0 Å². The van der Waals surface area contributed by atoms with E-state index in [1.165, 1.54) is 38.5 Å². The van der Waals surface area contributed by atoms with Crippen molar-refractivity contribution in [3.05, 3.63) is 0 Å². The molecule has 22 heavy (non-hydrogen) atoms. The summed E-state index contributed by atoms with van der Waals surface area (Å²) in [7, 11) is 0. The van der Waals surface area contributed by atoms with Crippen molar-refractivity contribution in [2.24, 2.45) is 5.73 Å². The Morgan fingerprint density at radius 3 is 1.91 bits per heavy atom. The van der Waals surface area contributed by atoms with Gasteiger partial charge < -0.3 is 16.2 Å². The molecule has 0 aliphatic heterocycles. The molecule has 0 saturated carbocycles. The molecular weight excluding hydrogens is 284 g/mol. The predicted molar refractivity (Wildman–Crippen MR) is 85.2 cm³/mol. The highest BCUT2D eigenvalue weighted by atomic mass is 16.4. The van der Waals surface area contributed by atoms with Crippen LogP contribution in [-0.4, -0.2) is 28.9 Å². The van der Waals surface area contributed by atoms with E-state index >= 15 is 0 Å². The zero-order chi connectivity index (χ0) is 16.8. The number of hydrogen-bond acceptors (Lipinski definition) is 3. The predicted octanol–water partition coefficient (Wildman–Crippen LogP) is 2.35. The minimum atomic E-state index is -1.24. The molecule has 0 spiro atoms. The van der Waals surface area contributed by atoms with Crippen molar-refractivity contribution in [1.29, 1.82) is 0 Å². The van der Waals surface area contributed by atoms with Crippen LogP contribution in [0.4, 0.5) is 0 Å². The number of carbonyl (C=O) groups is 3. The first-order valence-corrected chi connectivity index (χ1v) is 8.27. The second-order valence-electron chi connectivity index (χ2n) is 5.71. The van der Waals surface area contributed by atoms with Crippen molar-refractivity contribution < 1.29 is 19.5 Å². The Kier molecular flexibility index (Phi) is 12.2. The van der Waals surface area contributed by atoms with Gasteiger partial charge in [-0.25, -0.2) is 4.79 Å². The molecule has 0 fully saturated rings. The topological polar surface area (TPSA) is 109 Å². The van der Waals surface area contributed by atoms with Gasteiger partial charge in [0.25, 0.3) is 0 Å². The standard InChI is InChI=1S/C16H30N2O4/c1-2-3-4-5-6-7-8-9-10-11-15(20)18-13(16(21)22)12-14(17)19/h13H,2-12H2,1H3,(H2,17,19)(H,18,20)(H,21,22)/t13-/m0/s1. The average Bonchev–Trinajstić information content (AvgIpc) is 2.44. The molecule has 0 bridgehead atoms. The lowest BCUT2D eigenvalue weighted by Crippen LogP contribution is -2.43. The average molecular weight is 314 g/mol. The number of carboxylic acid groups (broad SMARTS) is 1. The number of rotatable bonds is 14. The van der Waals surface area contributed by atoms with E-state index in [0.29, 0.717) is 6.42 Å². The lowest BCUT2D eigenvalue weighted by atomic mass is 10.1. The van der Waals surface area contributed by atoms with Gasteiger partial charge in [0.05, 0.1) is 6.42 Å². The first-order valence-electron chi connectivity index (χ1n) is 8.27. The van der Waals surface area contributed by atoms with E-state index in [2.05, 4.69) is 12.2 Å². The third-order valence-corrected chi connectivity index (χ3v) is 3.55. The van der Waals surface area contributed by atoms with Crippen molar-refractivity contribution in [2.75, 3.05) is 0 Å². The fourth-order valence-electron chi connectivity index (χ4n) is 2.26. The van der Waals surface area contributed by atoms with Crippen LogP contribution in [0.25, 0.3) is 0 Å².